The maximum absolute atomic E-state index is 8.86. The molecule has 2 aromatic heterocycles. The maximum Gasteiger partial charge on any atom is 0.128 e. The quantitative estimate of drug-likeness (QED) is 0.755. The fraction of sp³-hybridized carbons (Fsp3) is 0.273. The van der Waals surface area contributed by atoms with E-state index in [0.29, 0.717) is 12.2 Å². The molecule has 2 rings (SSSR count). The highest BCUT2D eigenvalue weighted by molar-refractivity contribution is 5.22. The van der Waals surface area contributed by atoms with Crippen LogP contribution in [0.25, 0.3) is 0 Å². The van der Waals surface area contributed by atoms with Crippen molar-refractivity contribution in [1.29, 1.82) is 5.26 Å². The zero-order chi connectivity index (χ0) is 10.7. The van der Waals surface area contributed by atoms with Crippen LogP contribution in [0.4, 0.5) is 0 Å². The molecule has 0 bridgehead atoms. The van der Waals surface area contributed by atoms with Crippen molar-refractivity contribution < 1.29 is 0 Å². The fourth-order valence-electron chi connectivity index (χ4n) is 1.59. The Labute approximate surface area is 88.4 Å². The van der Waals surface area contributed by atoms with E-state index in [9.17, 15) is 0 Å². The van der Waals surface area contributed by atoms with E-state index in [1.165, 1.54) is 0 Å². The molecular weight excluding hydrogens is 188 g/mol. The lowest BCUT2D eigenvalue weighted by Crippen LogP contribution is -2.07. The van der Waals surface area contributed by atoms with E-state index in [1.54, 1.807) is 12.3 Å². The average Bonchev–Trinajstić information content (AvgIpc) is 2.87. The number of hydrogen-bond acceptors (Lipinski definition) is 2. The van der Waals surface area contributed by atoms with Crippen molar-refractivity contribution in [3.63, 3.8) is 0 Å². The van der Waals surface area contributed by atoms with Crippen molar-refractivity contribution in [3.8, 4) is 6.07 Å². The van der Waals surface area contributed by atoms with E-state index in [2.05, 4.69) is 22.5 Å². The molecule has 0 amide bonds. The highest BCUT2D eigenvalue weighted by Gasteiger charge is 2.04. The second-order valence-corrected chi connectivity index (χ2v) is 3.26. The third-order valence-electron chi connectivity index (χ3n) is 2.40. The fourth-order valence-corrected chi connectivity index (χ4v) is 1.59. The summed E-state index contributed by atoms with van der Waals surface area (Å²) in [6, 6.07) is 5.83. The lowest BCUT2D eigenvalue weighted by Gasteiger charge is -2.06. The zero-order valence-electron chi connectivity index (χ0n) is 8.59. The molecule has 0 aliphatic heterocycles. The van der Waals surface area contributed by atoms with Crippen LogP contribution in [0.2, 0.25) is 0 Å². The van der Waals surface area contributed by atoms with Crippen molar-refractivity contribution >= 4 is 0 Å². The molecule has 0 aromatic carbocycles. The Morgan fingerprint density at radius 1 is 1.40 bits per heavy atom. The van der Waals surface area contributed by atoms with Gasteiger partial charge in [0.25, 0.3) is 0 Å². The Morgan fingerprint density at radius 2 is 2.27 bits per heavy atom. The van der Waals surface area contributed by atoms with Gasteiger partial charge >= 0.3 is 0 Å². The Kier molecular flexibility index (Phi) is 2.55. The Bertz CT molecular complexity index is 487. The van der Waals surface area contributed by atoms with Gasteiger partial charge in [0.15, 0.2) is 0 Å². The molecule has 0 atom stereocenters. The topological polar surface area (TPSA) is 46.5 Å². The molecule has 76 valence electrons. The number of aryl methyl sites for hydroxylation is 1. The highest BCUT2D eigenvalue weighted by Crippen LogP contribution is 2.05. The monoisotopic (exact) mass is 200 g/mol. The van der Waals surface area contributed by atoms with Crippen molar-refractivity contribution in [3.05, 3.63) is 42.2 Å². The van der Waals surface area contributed by atoms with Crippen LogP contribution in [0.1, 0.15) is 18.4 Å². The van der Waals surface area contributed by atoms with Crippen LogP contribution < -0.4 is 0 Å². The normalized spacial score (nSPS) is 10.1. The average molecular weight is 200 g/mol. The molecule has 0 N–H and O–H groups in total. The number of imidazole rings is 1. The third-order valence-corrected chi connectivity index (χ3v) is 2.40. The van der Waals surface area contributed by atoms with E-state index in [-0.39, 0.29) is 0 Å². The van der Waals surface area contributed by atoms with Crippen LogP contribution in [0.15, 0.2) is 30.7 Å². The second kappa shape index (κ2) is 4.01. The van der Waals surface area contributed by atoms with Crippen LogP contribution in [0.3, 0.4) is 0 Å². The van der Waals surface area contributed by atoms with Crippen molar-refractivity contribution in [1.82, 2.24) is 14.1 Å². The third kappa shape index (κ3) is 1.77. The summed E-state index contributed by atoms with van der Waals surface area (Å²) in [7, 11) is 0. The van der Waals surface area contributed by atoms with Crippen LogP contribution in [0.5, 0.6) is 0 Å². The van der Waals surface area contributed by atoms with Gasteiger partial charge in [-0.15, -0.1) is 0 Å². The summed E-state index contributed by atoms with van der Waals surface area (Å²) in [5, 5.41) is 8.86. The molecule has 0 spiro atoms. The molecule has 0 aliphatic rings. The molecule has 0 saturated heterocycles. The van der Waals surface area contributed by atoms with E-state index in [0.717, 1.165) is 12.4 Å². The number of rotatable bonds is 3. The van der Waals surface area contributed by atoms with Crippen molar-refractivity contribution in [2.45, 2.75) is 20.0 Å². The Balaban J connectivity index is 2.26. The van der Waals surface area contributed by atoms with Gasteiger partial charge in [-0.05, 0) is 19.1 Å². The molecule has 4 heteroatoms. The summed E-state index contributed by atoms with van der Waals surface area (Å²) in [5.74, 6) is 0.977. The SMILES string of the molecule is CCn1ccnc1Cn1cccc1C#N. The van der Waals surface area contributed by atoms with E-state index < -0.39 is 0 Å². The minimum atomic E-state index is 0.650. The van der Waals surface area contributed by atoms with Gasteiger partial charge in [0.2, 0.25) is 0 Å². The van der Waals surface area contributed by atoms with Crippen LogP contribution in [-0.4, -0.2) is 14.1 Å². The van der Waals surface area contributed by atoms with Gasteiger partial charge in [-0.3, -0.25) is 0 Å². The number of nitriles is 1. The molecule has 0 radical (unpaired) electrons. The van der Waals surface area contributed by atoms with Crippen LogP contribution in [-0.2, 0) is 13.1 Å². The molecule has 15 heavy (non-hydrogen) atoms. The van der Waals surface area contributed by atoms with Crippen LogP contribution >= 0.6 is 0 Å². The summed E-state index contributed by atoms with van der Waals surface area (Å²) < 4.78 is 3.97. The van der Waals surface area contributed by atoms with Crippen LogP contribution in [0, 0.1) is 11.3 Å². The number of hydrogen-bond donors (Lipinski definition) is 0. The summed E-state index contributed by atoms with van der Waals surface area (Å²) in [6.45, 7) is 3.63. The van der Waals surface area contributed by atoms with Gasteiger partial charge in [0.05, 0.1) is 6.54 Å². The Morgan fingerprint density at radius 3 is 3.00 bits per heavy atom. The van der Waals surface area contributed by atoms with Gasteiger partial charge in [0.1, 0.15) is 17.6 Å². The summed E-state index contributed by atoms with van der Waals surface area (Å²) >= 11 is 0. The zero-order valence-corrected chi connectivity index (χ0v) is 8.59. The maximum atomic E-state index is 8.86. The highest BCUT2D eigenvalue weighted by atomic mass is 15.1. The first-order chi connectivity index (χ1) is 7.35. The van der Waals surface area contributed by atoms with Gasteiger partial charge in [0, 0.05) is 25.1 Å². The number of nitrogens with zero attached hydrogens (tertiary/aromatic N) is 4. The second-order valence-electron chi connectivity index (χ2n) is 3.26. The largest absolute Gasteiger partial charge is 0.334 e. The molecule has 4 nitrogen and oxygen atoms in total. The predicted octanol–water partition coefficient (Wildman–Crippen LogP) is 1.62. The van der Waals surface area contributed by atoms with Gasteiger partial charge in [-0.2, -0.15) is 5.26 Å². The molecular formula is C11H12N4. The van der Waals surface area contributed by atoms with Gasteiger partial charge in [-0.1, -0.05) is 0 Å². The smallest absolute Gasteiger partial charge is 0.128 e. The summed E-state index contributed by atoms with van der Waals surface area (Å²) in [5.41, 5.74) is 0.667. The molecule has 0 aliphatic carbocycles. The summed E-state index contributed by atoms with van der Waals surface area (Å²) in [6.07, 6.45) is 5.63. The van der Waals surface area contributed by atoms with Gasteiger partial charge < -0.3 is 9.13 Å². The van der Waals surface area contributed by atoms with Gasteiger partial charge in [-0.25, -0.2) is 4.98 Å². The molecule has 0 fully saturated rings. The lowest BCUT2D eigenvalue weighted by molar-refractivity contribution is 0.650. The molecule has 2 aromatic rings. The molecule has 0 unspecified atom stereocenters. The van der Waals surface area contributed by atoms with E-state index >= 15 is 0 Å². The molecule has 0 saturated carbocycles. The number of aromatic nitrogens is 3. The standard InChI is InChI=1S/C11H12N4/c1-2-14-7-5-13-11(14)9-15-6-3-4-10(15)8-12/h3-7H,2,9H2,1H3. The first-order valence-corrected chi connectivity index (χ1v) is 4.90. The van der Waals surface area contributed by atoms with E-state index in [4.69, 9.17) is 5.26 Å². The Hall–Kier alpha value is -2.02. The first kappa shape index (κ1) is 9.53. The first-order valence-electron chi connectivity index (χ1n) is 4.90. The van der Waals surface area contributed by atoms with Crippen molar-refractivity contribution in [2.75, 3.05) is 0 Å². The van der Waals surface area contributed by atoms with Crippen molar-refractivity contribution in [2.24, 2.45) is 0 Å². The lowest BCUT2D eigenvalue weighted by atomic mass is 10.4. The minimum Gasteiger partial charge on any atom is -0.334 e. The molecule has 2 heterocycles. The predicted molar refractivity (Wildman–Crippen MR) is 56.2 cm³/mol. The minimum absolute atomic E-state index is 0.650. The summed E-state index contributed by atoms with van der Waals surface area (Å²) in [4.78, 5) is 4.27. The van der Waals surface area contributed by atoms with E-state index in [1.807, 2.05) is 23.0 Å².